The normalized spacial score (nSPS) is 11.9. The number of nitrogens with one attached hydrogen (secondary N) is 1. The Morgan fingerprint density at radius 1 is 1.50 bits per heavy atom. The van der Waals surface area contributed by atoms with Crippen molar-refractivity contribution in [3.63, 3.8) is 0 Å². The topological polar surface area (TPSA) is 68.3 Å². The van der Waals surface area contributed by atoms with Crippen LogP contribution in [0.1, 0.15) is 17.5 Å². The number of nitrogens with two attached hydrogens (primary N) is 1. The molecule has 18 heavy (non-hydrogen) atoms. The van der Waals surface area contributed by atoms with Crippen molar-refractivity contribution in [3.05, 3.63) is 34.5 Å². The van der Waals surface area contributed by atoms with Gasteiger partial charge in [0.2, 0.25) is 0 Å². The molecule has 0 fully saturated rings. The number of halogens is 2. The SMILES string of the molecule is C[C@@H](CN)NC(=O)c1cc2cc(Br)ccc2o1.Cl. The van der Waals surface area contributed by atoms with Gasteiger partial charge in [-0.2, -0.15) is 0 Å². The van der Waals surface area contributed by atoms with E-state index in [0.717, 1.165) is 9.86 Å². The Bertz CT molecular complexity index is 556. The summed E-state index contributed by atoms with van der Waals surface area (Å²) in [4.78, 5) is 11.8. The molecule has 0 unspecified atom stereocenters. The summed E-state index contributed by atoms with van der Waals surface area (Å²) in [6.07, 6.45) is 0. The summed E-state index contributed by atoms with van der Waals surface area (Å²) in [5, 5.41) is 3.65. The molecule has 0 aliphatic carbocycles. The number of amides is 1. The first kappa shape index (κ1) is 15.0. The molecule has 1 aromatic carbocycles. The highest BCUT2D eigenvalue weighted by Gasteiger charge is 2.13. The number of benzene rings is 1. The average molecular weight is 334 g/mol. The van der Waals surface area contributed by atoms with Gasteiger partial charge in [-0.1, -0.05) is 15.9 Å². The minimum absolute atomic E-state index is 0. The maximum absolute atomic E-state index is 11.8. The molecule has 1 amide bonds. The zero-order chi connectivity index (χ0) is 12.4. The number of fused-ring (bicyclic) bond motifs is 1. The van der Waals surface area contributed by atoms with Crippen molar-refractivity contribution in [2.24, 2.45) is 5.73 Å². The van der Waals surface area contributed by atoms with Crippen LogP contribution in [0.25, 0.3) is 11.0 Å². The Morgan fingerprint density at radius 2 is 2.22 bits per heavy atom. The van der Waals surface area contributed by atoms with Gasteiger partial charge in [0.25, 0.3) is 5.91 Å². The lowest BCUT2D eigenvalue weighted by Gasteiger charge is -2.08. The summed E-state index contributed by atoms with van der Waals surface area (Å²) in [6, 6.07) is 7.25. The van der Waals surface area contributed by atoms with Gasteiger partial charge < -0.3 is 15.5 Å². The van der Waals surface area contributed by atoms with E-state index in [1.807, 2.05) is 25.1 Å². The zero-order valence-electron chi connectivity index (χ0n) is 9.77. The highest BCUT2D eigenvalue weighted by molar-refractivity contribution is 9.10. The lowest BCUT2D eigenvalue weighted by Crippen LogP contribution is -2.37. The first-order chi connectivity index (χ1) is 8.10. The molecule has 0 saturated carbocycles. The van der Waals surface area contributed by atoms with Gasteiger partial charge in [0, 0.05) is 22.4 Å². The smallest absolute Gasteiger partial charge is 0.287 e. The third kappa shape index (κ3) is 3.25. The Morgan fingerprint density at radius 3 is 2.89 bits per heavy atom. The van der Waals surface area contributed by atoms with Crippen molar-refractivity contribution >= 4 is 45.2 Å². The third-order valence-electron chi connectivity index (χ3n) is 2.43. The van der Waals surface area contributed by atoms with Crippen LogP contribution in [0.5, 0.6) is 0 Å². The van der Waals surface area contributed by atoms with Gasteiger partial charge in [-0.15, -0.1) is 12.4 Å². The molecule has 2 rings (SSSR count). The Balaban J connectivity index is 0.00000162. The molecule has 0 aliphatic heterocycles. The standard InChI is InChI=1S/C12H13BrN2O2.ClH/c1-7(6-14)15-12(16)11-5-8-4-9(13)2-3-10(8)17-11;/h2-5,7H,6,14H2,1H3,(H,15,16);1H/t7-;/m0./s1. The molecule has 2 aromatic rings. The number of carbonyl (C=O) groups excluding carboxylic acids is 1. The van der Waals surface area contributed by atoms with Crippen molar-refractivity contribution in [2.45, 2.75) is 13.0 Å². The summed E-state index contributed by atoms with van der Waals surface area (Å²) >= 11 is 3.37. The van der Waals surface area contributed by atoms with E-state index in [-0.39, 0.29) is 24.4 Å². The van der Waals surface area contributed by atoms with Gasteiger partial charge in [-0.3, -0.25) is 4.79 Å². The second-order valence-electron chi connectivity index (χ2n) is 3.90. The first-order valence-electron chi connectivity index (χ1n) is 5.30. The van der Waals surface area contributed by atoms with Crippen LogP contribution in [0.2, 0.25) is 0 Å². The van der Waals surface area contributed by atoms with E-state index in [1.54, 1.807) is 6.07 Å². The van der Waals surface area contributed by atoms with Crippen LogP contribution in [0.15, 0.2) is 33.2 Å². The molecule has 0 saturated heterocycles. The second kappa shape index (κ2) is 6.22. The summed E-state index contributed by atoms with van der Waals surface area (Å²) < 4.78 is 6.41. The average Bonchev–Trinajstić information content (AvgIpc) is 2.71. The van der Waals surface area contributed by atoms with Crippen LogP contribution in [0.3, 0.4) is 0 Å². The summed E-state index contributed by atoms with van der Waals surface area (Å²) in [5.74, 6) is 0.0636. The number of furan rings is 1. The van der Waals surface area contributed by atoms with E-state index in [2.05, 4.69) is 21.2 Å². The Kier molecular flexibility index (Phi) is 5.19. The predicted molar refractivity (Wildman–Crippen MR) is 77.1 cm³/mol. The molecular weight excluding hydrogens is 320 g/mol. The molecule has 1 aromatic heterocycles. The van der Waals surface area contributed by atoms with Crippen molar-refractivity contribution in [3.8, 4) is 0 Å². The van der Waals surface area contributed by atoms with Crippen molar-refractivity contribution in [1.82, 2.24) is 5.32 Å². The number of hydrogen-bond donors (Lipinski definition) is 2. The maximum Gasteiger partial charge on any atom is 0.287 e. The maximum atomic E-state index is 11.8. The molecule has 0 spiro atoms. The van der Waals surface area contributed by atoms with Crippen molar-refractivity contribution in [2.75, 3.05) is 6.54 Å². The van der Waals surface area contributed by atoms with Crippen LogP contribution in [0, 0.1) is 0 Å². The molecule has 4 nitrogen and oxygen atoms in total. The molecule has 0 radical (unpaired) electrons. The van der Waals surface area contributed by atoms with Gasteiger partial charge in [0.05, 0.1) is 0 Å². The minimum Gasteiger partial charge on any atom is -0.451 e. The zero-order valence-corrected chi connectivity index (χ0v) is 12.2. The van der Waals surface area contributed by atoms with Gasteiger partial charge in [0.1, 0.15) is 5.58 Å². The third-order valence-corrected chi connectivity index (χ3v) is 2.93. The highest BCUT2D eigenvalue weighted by atomic mass is 79.9. The number of carbonyl (C=O) groups is 1. The summed E-state index contributed by atoms with van der Waals surface area (Å²) in [7, 11) is 0. The van der Waals surface area contributed by atoms with Crippen molar-refractivity contribution < 1.29 is 9.21 Å². The summed E-state index contributed by atoms with van der Waals surface area (Å²) in [5.41, 5.74) is 6.14. The molecule has 1 heterocycles. The van der Waals surface area contributed by atoms with Crippen LogP contribution in [-0.4, -0.2) is 18.5 Å². The van der Waals surface area contributed by atoms with E-state index in [9.17, 15) is 4.79 Å². The van der Waals surface area contributed by atoms with E-state index in [1.165, 1.54) is 0 Å². The highest BCUT2D eigenvalue weighted by Crippen LogP contribution is 2.23. The monoisotopic (exact) mass is 332 g/mol. The second-order valence-corrected chi connectivity index (χ2v) is 4.82. The van der Waals surface area contributed by atoms with E-state index in [0.29, 0.717) is 17.9 Å². The fraction of sp³-hybridized carbons (Fsp3) is 0.250. The molecule has 0 aliphatic rings. The van der Waals surface area contributed by atoms with Gasteiger partial charge in [-0.05, 0) is 31.2 Å². The first-order valence-corrected chi connectivity index (χ1v) is 6.09. The van der Waals surface area contributed by atoms with E-state index < -0.39 is 0 Å². The summed E-state index contributed by atoms with van der Waals surface area (Å²) in [6.45, 7) is 2.24. The lowest BCUT2D eigenvalue weighted by molar-refractivity contribution is 0.0915. The van der Waals surface area contributed by atoms with Crippen LogP contribution in [0.4, 0.5) is 0 Å². The molecule has 1 atom stereocenters. The molecule has 0 bridgehead atoms. The molecule has 3 N–H and O–H groups in total. The van der Waals surface area contributed by atoms with Crippen molar-refractivity contribution in [1.29, 1.82) is 0 Å². The van der Waals surface area contributed by atoms with E-state index >= 15 is 0 Å². The van der Waals surface area contributed by atoms with Gasteiger partial charge in [-0.25, -0.2) is 0 Å². The van der Waals surface area contributed by atoms with Gasteiger partial charge in [0.15, 0.2) is 5.76 Å². The van der Waals surface area contributed by atoms with Crippen LogP contribution >= 0.6 is 28.3 Å². The predicted octanol–water partition coefficient (Wildman–Crippen LogP) is 2.69. The fourth-order valence-electron chi connectivity index (χ4n) is 1.48. The molecule has 98 valence electrons. The quantitative estimate of drug-likeness (QED) is 0.907. The van der Waals surface area contributed by atoms with Gasteiger partial charge >= 0.3 is 0 Å². The number of hydrogen-bond acceptors (Lipinski definition) is 3. The Hall–Kier alpha value is -1.04. The lowest BCUT2D eigenvalue weighted by atomic mass is 10.2. The van der Waals surface area contributed by atoms with Crippen LogP contribution < -0.4 is 11.1 Å². The van der Waals surface area contributed by atoms with E-state index in [4.69, 9.17) is 10.2 Å². The fourth-order valence-corrected chi connectivity index (χ4v) is 1.86. The molecular formula is C12H14BrClN2O2. The Labute approximate surface area is 119 Å². The minimum atomic E-state index is -0.240. The van der Waals surface area contributed by atoms with Crippen LogP contribution in [-0.2, 0) is 0 Å². The molecule has 6 heteroatoms. The largest absolute Gasteiger partial charge is 0.451 e. The number of rotatable bonds is 3.